The van der Waals surface area contributed by atoms with Crippen LogP contribution >= 0.6 is 25.3 Å². The molecule has 0 aliphatic heterocycles. The summed E-state index contributed by atoms with van der Waals surface area (Å²) in [5.41, 5.74) is 4.43. The highest BCUT2D eigenvalue weighted by molar-refractivity contribution is 7.85. The van der Waals surface area contributed by atoms with E-state index in [1.54, 1.807) is 11.1 Å². The Labute approximate surface area is 147 Å². The highest BCUT2D eigenvalue weighted by Gasteiger charge is 2.65. The first kappa shape index (κ1) is 15.7. The Morgan fingerprint density at radius 3 is 1.23 bits per heavy atom. The van der Waals surface area contributed by atoms with E-state index >= 15 is 0 Å². The van der Waals surface area contributed by atoms with Crippen molar-refractivity contribution in [3.8, 4) is 0 Å². The molecule has 4 bridgehead atoms. The lowest BCUT2D eigenvalue weighted by Gasteiger charge is -2.35. The van der Waals surface area contributed by atoms with Crippen LogP contribution < -0.4 is 0 Å². The smallest absolute Gasteiger partial charge is 0.00421 e. The van der Waals surface area contributed by atoms with Crippen LogP contribution in [0.2, 0.25) is 0 Å². The van der Waals surface area contributed by atoms with E-state index in [1.165, 1.54) is 35.5 Å². The average molecular weight is 335 g/mol. The zero-order valence-electron chi connectivity index (χ0n) is 14.9. The summed E-state index contributed by atoms with van der Waals surface area (Å²) in [4.78, 5) is 2.78. The van der Waals surface area contributed by atoms with Crippen molar-refractivity contribution in [2.45, 2.75) is 67.2 Å². The molecule has 2 fully saturated rings. The zero-order valence-corrected chi connectivity index (χ0v) is 16.7. The van der Waals surface area contributed by atoms with Gasteiger partial charge in [-0.15, -0.1) is 25.3 Å². The van der Waals surface area contributed by atoms with Gasteiger partial charge in [0, 0.05) is 10.8 Å². The van der Waals surface area contributed by atoms with Gasteiger partial charge in [-0.3, -0.25) is 0 Å². The highest BCUT2D eigenvalue weighted by Crippen LogP contribution is 2.76. The third-order valence-electron chi connectivity index (χ3n) is 9.00. The number of fused-ring (bicyclic) bond motifs is 4. The quantitative estimate of drug-likeness (QED) is 0.519. The van der Waals surface area contributed by atoms with E-state index in [0.717, 1.165) is 0 Å². The lowest BCUT2D eigenvalue weighted by molar-refractivity contribution is 0.172. The third kappa shape index (κ3) is 1.35. The van der Waals surface area contributed by atoms with Gasteiger partial charge in [0.1, 0.15) is 0 Å². The molecule has 22 heavy (non-hydrogen) atoms. The van der Waals surface area contributed by atoms with Gasteiger partial charge in [-0.1, -0.05) is 41.5 Å². The molecule has 4 unspecified atom stereocenters. The molecule has 0 nitrogen and oxygen atoms in total. The fraction of sp³-hybridized carbons (Fsp3) is 0.800. The summed E-state index contributed by atoms with van der Waals surface area (Å²) in [5, 5.41) is 0. The standard InChI is InChI=1S/C20H30S2/c1-17(2)11-7-9-19(17,5)15(21)13(11)14-12-8-10-20(6,16(14)22)18(12,3)4/h11-12,21-22H,7-10H2,1-6H3. The molecule has 0 heterocycles. The van der Waals surface area contributed by atoms with Crippen molar-refractivity contribution >= 4 is 25.3 Å². The molecule has 0 aromatic carbocycles. The Morgan fingerprint density at radius 1 is 0.682 bits per heavy atom. The maximum atomic E-state index is 5.10. The van der Waals surface area contributed by atoms with E-state index in [4.69, 9.17) is 25.3 Å². The summed E-state index contributed by atoms with van der Waals surface area (Å²) < 4.78 is 0. The molecule has 0 spiro atoms. The second-order valence-electron chi connectivity index (χ2n) is 9.81. The number of allylic oxidation sites excluding steroid dienone is 4. The van der Waals surface area contributed by atoms with Crippen molar-refractivity contribution in [3.05, 3.63) is 21.0 Å². The molecule has 4 aliphatic rings. The van der Waals surface area contributed by atoms with Gasteiger partial charge in [0.25, 0.3) is 0 Å². The van der Waals surface area contributed by atoms with Crippen LogP contribution in [-0.4, -0.2) is 0 Å². The fourth-order valence-corrected chi connectivity index (χ4v) is 7.77. The summed E-state index contributed by atoms with van der Waals surface area (Å²) in [6.45, 7) is 14.8. The van der Waals surface area contributed by atoms with Crippen molar-refractivity contribution in [3.63, 3.8) is 0 Å². The van der Waals surface area contributed by atoms with Crippen LogP contribution in [-0.2, 0) is 0 Å². The van der Waals surface area contributed by atoms with Gasteiger partial charge in [-0.05, 0) is 69.3 Å². The van der Waals surface area contributed by atoms with Crippen molar-refractivity contribution in [1.82, 2.24) is 0 Å². The second kappa shape index (κ2) is 4.04. The van der Waals surface area contributed by atoms with Crippen LogP contribution in [0, 0.1) is 33.5 Å². The molecule has 0 N–H and O–H groups in total. The highest BCUT2D eigenvalue weighted by atomic mass is 32.1. The Bertz CT molecular complexity index is 580. The average Bonchev–Trinajstić information content (AvgIpc) is 2.90. The van der Waals surface area contributed by atoms with E-state index in [1.807, 2.05) is 0 Å². The predicted octanol–water partition coefficient (Wildman–Crippen LogP) is 6.27. The largest absolute Gasteiger partial charge is 0.147 e. The van der Waals surface area contributed by atoms with E-state index in [-0.39, 0.29) is 10.8 Å². The molecular weight excluding hydrogens is 304 g/mol. The van der Waals surface area contributed by atoms with Gasteiger partial charge in [-0.25, -0.2) is 0 Å². The second-order valence-corrected chi connectivity index (χ2v) is 10.7. The van der Waals surface area contributed by atoms with Gasteiger partial charge in [-0.2, -0.15) is 0 Å². The van der Waals surface area contributed by atoms with E-state index in [0.29, 0.717) is 22.7 Å². The molecule has 122 valence electrons. The molecule has 4 atom stereocenters. The Kier molecular flexibility index (Phi) is 2.88. The number of rotatable bonds is 1. The van der Waals surface area contributed by atoms with Crippen LogP contribution in [0.5, 0.6) is 0 Å². The van der Waals surface area contributed by atoms with Gasteiger partial charge in [0.05, 0.1) is 0 Å². The zero-order chi connectivity index (χ0) is 16.3. The molecule has 2 saturated carbocycles. The van der Waals surface area contributed by atoms with Crippen molar-refractivity contribution < 1.29 is 0 Å². The number of thiol groups is 2. The van der Waals surface area contributed by atoms with Crippen LogP contribution in [0.4, 0.5) is 0 Å². The van der Waals surface area contributed by atoms with Gasteiger partial charge < -0.3 is 0 Å². The molecule has 0 saturated heterocycles. The summed E-state index contributed by atoms with van der Waals surface area (Å²) >= 11 is 10.2. The third-order valence-corrected chi connectivity index (χ3v) is 10.5. The molecule has 2 heteroatoms. The van der Waals surface area contributed by atoms with Gasteiger partial charge >= 0.3 is 0 Å². The summed E-state index contributed by atoms with van der Waals surface area (Å²) in [7, 11) is 0. The van der Waals surface area contributed by atoms with Crippen LogP contribution in [0.3, 0.4) is 0 Å². The number of hydrogen-bond donors (Lipinski definition) is 2. The Morgan fingerprint density at radius 2 is 1.00 bits per heavy atom. The van der Waals surface area contributed by atoms with Crippen molar-refractivity contribution in [2.75, 3.05) is 0 Å². The van der Waals surface area contributed by atoms with E-state index in [9.17, 15) is 0 Å². The van der Waals surface area contributed by atoms with Crippen molar-refractivity contribution in [2.24, 2.45) is 33.5 Å². The molecule has 0 radical (unpaired) electrons. The first-order chi connectivity index (χ1) is 10.00. The summed E-state index contributed by atoms with van der Waals surface area (Å²) in [5.74, 6) is 1.36. The first-order valence-corrected chi connectivity index (χ1v) is 9.77. The summed E-state index contributed by atoms with van der Waals surface area (Å²) in [6, 6.07) is 0. The topological polar surface area (TPSA) is 0 Å². The fourth-order valence-electron chi connectivity index (χ4n) is 6.41. The minimum atomic E-state index is 0.268. The SMILES string of the molecule is CC12CCC(C(C3=C(S)C4(C)CCC3C4(C)C)=C1S)C2(C)C. The molecule has 0 aromatic heterocycles. The summed E-state index contributed by atoms with van der Waals surface area (Å²) in [6.07, 6.45) is 5.26. The van der Waals surface area contributed by atoms with Crippen LogP contribution in [0.1, 0.15) is 67.2 Å². The maximum Gasteiger partial charge on any atom is 0.00421 e. The Hall–Kier alpha value is 0.180. The number of hydrogen-bond acceptors (Lipinski definition) is 2. The molecule has 0 amide bonds. The van der Waals surface area contributed by atoms with Gasteiger partial charge in [0.2, 0.25) is 0 Å². The molecular formula is C20H30S2. The van der Waals surface area contributed by atoms with Gasteiger partial charge in [0.15, 0.2) is 0 Å². The minimum Gasteiger partial charge on any atom is -0.147 e. The molecule has 0 aromatic rings. The van der Waals surface area contributed by atoms with Crippen LogP contribution in [0.25, 0.3) is 0 Å². The Balaban J connectivity index is 1.92. The van der Waals surface area contributed by atoms with E-state index in [2.05, 4.69) is 41.5 Å². The van der Waals surface area contributed by atoms with Crippen LogP contribution in [0.15, 0.2) is 21.0 Å². The molecule has 4 rings (SSSR count). The van der Waals surface area contributed by atoms with E-state index < -0.39 is 0 Å². The minimum absolute atomic E-state index is 0.268. The normalized spacial score (nSPS) is 48.0. The predicted molar refractivity (Wildman–Crippen MR) is 101 cm³/mol. The lowest BCUT2D eigenvalue weighted by atomic mass is 9.69. The lowest BCUT2D eigenvalue weighted by Crippen LogP contribution is -2.29. The first-order valence-electron chi connectivity index (χ1n) is 8.88. The van der Waals surface area contributed by atoms with Crippen molar-refractivity contribution in [1.29, 1.82) is 0 Å². The monoisotopic (exact) mass is 334 g/mol. The molecule has 4 aliphatic carbocycles. The maximum absolute atomic E-state index is 5.10.